The van der Waals surface area contributed by atoms with E-state index in [1.54, 1.807) is 18.5 Å². The van der Waals surface area contributed by atoms with Crippen molar-refractivity contribution in [2.75, 3.05) is 18.0 Å². The van der Waals surface area contributed by atoms with E-state index < -0.39 is 0 Å². The molecule has 4 rings (SSSR count). The van der Waals surface area contributed by atoms with Crippen LogP contribution < -0.4 is 10.5 Å². The van der Waals surface area contributed by atoms with E-state index in [2.05, 4.69) is 41.0 Å². The predicted molar refractivity (Wildman–Crippen MR) is 115 cm³/mol. The summed E-state index contributed by atoms with van der Waals surface area (Å²) in [6, 6.07) is 11.7. The third kappa shape index (κ3) is 3.36. The first-order valence-corrected chi connectivity index (χ1v) is 10.0. The molecule has 3 aromatic heterocycles. The number of anilines is 1. The largest absolute Gasteiger partial charge is 0.464 e. The number of fused-ring (bicyclic) bond motifs is 1. The van der Waals surface area contributed by atoms with Crippen molar-refractivity contribution in [3.63, 3.8) is 0 Å². The van der Waals surface area contributed by atoms with E-state index in [0.29, 0.717) is 16.0 Å². The van der Waals surface area contributed by atoms with Gasteiger partial charge in [-0.2, -0.15) is 9.78 Å². The molecule has 142 valence electrons. The highest BCUT2D eigenvalue weighted by Gasteiger charge is 2.14. The lowest BCUT2D eigenvalue weighted by Gasteiger charge is -2.20. The molecule has 0 saturated heterocycles. The van der Waals surface area contributed by atoms with Crippen LogP contribution in [0.5, 0.6) is 0 Å². The Hall–Kier alpha value is -3.19. The molecule has 0 aliphatic rings. The van der Waals surface area contributed by atoms with Crippen LogP contribution in [0.4, 0.5) is 5.69 Å². The number of benzene rings is 1. The molecule has 0 N–H and O–H groups in total. The van der Waals surface area contributed by atoms with Crippen LogP contribution in [-0.2, 0) is 0 Å². The first kappa shape index (κ1) is 18.2. The second-order valence-corrected chi connectivity index (χ2v) is 7.07. The second kappa shape index (κ2) is 7.82. The van der Waals surface area contributed by atoms with Crippen LogP contribution in [-0.4, -0.2) is 29.0 Å². The van der Waals surface area contributed by atoms with Crippen molar-refractivity contribution >= 4 is 33.5 Å². The Balaban J connectivity index is 1.66. The lowest BCUT2D eigenvalue weighted by molar-refractivity contribution is 0.583. The van der Waals surface area contributed by atoms with Crippen molar-refractivity contribution in [2.45, 2.75) is 13.8 Å². The van der Waals surface area contributed by atoms with Crippen LogP contribution in [0.25, 0.3) is 21.5 Å². The minimum atomic E-state index is -0.214. The van der Waals surface area contributed by atoms with Gasteiger partial charge in [0.1, 0.15) is 16.9 Å². The molecule has 0 saturated carbocycles. The summed E-state index contributed by atoms with van der Waals surface area (Å²) in [6.45, 7) is 6.19. The van der Waals surface area contributed by atoms with Crippen LogP contribution in [0.2, 0.25) is 0 Å². The van der Waals surface area contributed by atoms with E-state index in [9.17, 15) is 4.79 Å². The maximum atomic E-state index is 12.9. The van der Waals surface area contributed by atoms with E-state index in [-0.39, 0.29) is 5.56 Å². The molecule has 6 nitrogen and oxygen atoms in total. The molecule has 0 amide bonds. The Morgan fingerprint density at radius 1 is 1.21 bits per heavy atom. The summed E-state index contributed by atoms with van der Waals surface area (Å²) in [4.78, 5) is 20.2. The SMILES string of the molecule is CCN(CC)c1ccc(/C=N\n2cnc3scc(-c4ccco4)c3c2=O)cc1. The zero-order valence-corrected chi connectivity index (χ0v) is 16.5. The molecule has 28 heavy (non-hydrogen) atoms. The van der Waals surface area contributed by atoms with Gasteiger partial charge in [-0.3, -0.25) is 4.79 Å². The molecule has 0 fully saturated rings. The monoisotopic (exact) mass is 392 g/mol. The zero-order chi connectivity index (χ0) is 19.5. The summed E-state index contributed by atoms with van der Waals surface area (Å²) < 4.78 is 6.71. The Morgan fingerprint density at radius 2 is 2.00 bits per heavy atom. The first-order chi connectivity index (χ1) is 13.7. The number of furan rings is 1. The molecule has 0 unspecified atom stereocenters. The van der Waals surface area contributed by atoms with Crippen molar-refractivity contribution in [1.29, 1.82) is 0 Å². The predicted octanol–water partition coefficient (Wildman–Crippen LogP) is 4.45. The van der Waals surface area contributed by atoms with E-state index in [1.807, 2.05) is 23.6 Å². The molecule has 0 aliphatic carbocycles. The third-order valence-electron chi connectivity index (χ3n) is 4.62. The molecule has 0 atom stereocenters. The molecule has 7 heteroatoms. The normalized spacial score (nSPS) is 11.5. The third-order valence-corrected chi connectivity index (χ3v) is 5.50. The number of thiophene rings is 1. The highest BCUT2D eigenvalue weighted by Crippen LogP contribution is 2.30. The average molecular weight is 392 g/mol. The number of aromatic nitrogens is 2. The summed E-state index contributed by atoms with van der Waals surface area (Å²) in [5.74, 6) is 0.652. The number of nitrogens with zero attached hydrogens (tertiary/aromatic N) is 4. The molecule has 0 spiro atoms. The maximum Gasteiger partial charge on any atom is 0.283 e. The highest BCUT2D eigenvalue weighted by atomic mass is 32.1. The maximum absolute atomic E-state index is 12.9. The summed E-state index contributed by atoms with van der Waals surface area (Å²) in [7, 11) is 0. The highest BCUT2D eigenvalue weighted by molar-refractivity contribution is 7.17. The minimum Gasteiger partial charge on any atom is -0.464 e. The van der Waals surface area contributed by atoms with Crippen LogP contribution >= 0.6 is 11.3 Å². The zero-order valence-electron chi connectivity index (χ0n) is 15.7. The Morgan fingerprint density at radius 3 is 2.68 bits per heavy atom. The van der Waals surface area contributed by atoms with Crippen molar-refractivity contribution in [3.8, 4) is 11.3 Å². The van der Waals surface area contributed by atoms with Gasteiger partial charge >= 0.3 is 0 Å². The Labute approximate surface area is 166 Å². The number of hydrogen-bond acceptors (Lipinski definition) is 6. The molecule has 0 radical (unpaired) electrons. The fourth-order valence-corrected chi connectivity index (χ4v) is 3.99. The summed E-state index contributed by atoms with van der Waals surface area (Å²) >= 11 is 1.42. The van der Waals surface area contributed by atoms with Crippen LogP contribution in [0.3, 0.4) is 0 Å². The van der Waals surface area contributed by atoms with E-state index in [0.717, 1.165) is 24.2 Å². The number of rotatable bonds is 6. The van der Waals surface area contributed by atoms with Gasteiger partial charge in [-0.25, -0.2) is 4.98 Å². The topological polar surface area (TPSA) is 63.6 Å². The first-order valence-electron chi connectivity index (χ1n) is 9.13. The lowest BCUT2D eigenvalue weighted by Crippen LogP contribution is -2.21. The second-order valence-electron chi connectivity index (χ2n) is 6.21. The van der Waals surface area contributed by atoms with Gasteiger partial charge in [0.2, 0.25) is 0 Å². The average Bonchev–Trinajstić information content (AvgIpc) is 3.39. The van der Waals surface area contributed by atoms with Crippen molar-refractivity contribution in [1.82, 2.24) is 9.66 Å². The molecular formula is C21H20N4O2S. The summed E-state index contributed by atoms with van der Waals surface area (Å²) in [5, 5.41) is 6.73. The van der Waals surface area contributed by atoms with Gasteiger partial charge in [-0.15, -0.1) is 11.3 Å². The van der Waals surface area contributed by atoms with Gasteiger partial charge < -0.3 is 9.32 Å². The van der Waals surface area contributed by atoms with Gasteiger partial charge in [0, 0.05) is 29.7 Å². The van der Waals surface area contributed by atoms with Gasteiger partial charge in [-0.05, 0) is 43.7 Å². The Kier molecular flexibility index (Phi) is 5.08. The fourth-order valence-electron chi connectivity index (χ4n) is 3.11. The molecule has 1 aromatic carbocycles. The number of hydrogen-bond donors (Lipinski definition) is 0. The lowest BCUT2D eigenvalue weighted by atomic mass is 10.2. The van der Waals surface area contributed by atoms with Crippen molar-refractivity contribution in [2.24, 2.45) is 5.10 Å². The van der Waals surface area contributed by atoms with Crippen LogP contribution in [0.15, 0.2) is 68.7 Å². The molecular weight excluding hydrogens is 372 g/mol. The van der Waals surface area contributed by atoms with Gasteiger partial charge in [-0.1, -0.05) is 12.1 Å². The van der Waals surface area contributed by atoms with E-state index in [4.69, 9.17) is 4.42 Å². The summed E-state index contributed by atoms with van der Waals surface area (Å²) in [5.41, 5.74) is 2.62. The molecule has 0 bridgehead atoms. The fraction of sp³-hybridized carbons (Fsp3) is 0.190. The van der Waals surface area contributed by atoms with Gasteiger partial charge in [0.15, 0.2) is 0 Å². The molecule has 0 aliphatic heterocycles. The van der Waals surface area contributed by atoms with Crippen LogP contribution in [0.1, 0.15) is 19.4 Å². The standard InChI is InChI=1S/C21H20N4O2S/c1-3-24(4-2)16-9-7-15(8-10-16)12-23-25-14-22-20-19(21(25)26)17(13-28-20)18-6-5-11-27-18/h5-14H,3-4H2,1-2H3/b23-12-. The smallest absolute Gasteiger partial charge is 0.283 e. The van der Waals surface area contributed by atoms with Crippen molar-refractivity contribution in [3.05, 3.63) is 70.3 Å². The van der Waals surface area contributed by atoms with Gasteiger partial charge in [0.25, 0.3) is 5.56 Å². The van der Waals surface area contributed by atoms with Crippen molar-refractivity contribution < 1.29 is 4.42 Å². The molecule has 4 aromatic rings. The van der Waals surface area contributed by atoms with Crippen LogP contribution in [0, 0.1) is 0 Å². The quantitative estimate of drug-likeness (QED) is 0.455. The Bertz CT molecular complexity index is 1150. The van der Waals surface area contributed by atoms with Gasteiger partial charge in [0.05, 0.1) is 17.9 Å². The van der Waals surface area contributed by atoms with E-state index >= 15 is 0 Å². The summed E-state index contributed by atoms with van der Waals surface area (Å²) in [6.07, 6.45) is 4.71. The minimum absolute atomic E-state index is 0.214. The van der Waals surface area contributed by atoms with E-state index in [1.165, 1.54) is 28.0 Å². The molecule has 3 heterocycles.